The van der Waals surface area contributed by atoms with E-state index in [2.05, 4.69) is 20.8 Å². The summed E-state index contributed by atoms with van der Waals surface area (Å²) in [6.45, 7) is 3.52. The molecule has 5 nitrogen and oxygen atoms in total. The molecule has 1 aromatic heterocycles. The lowest BCUT2D eigenvalue weighted by molar-refractivity contribution is -0.137. The van der Waals surface area contributed by atoms with Gasteiger partial charge in [0.25, 0.3) is 0 Å². The second-order valence-electron chi connectivity index (χ2n) is 4.61. The van der Waals surface area contributed by atoms with Crippen LogP contribution in [0.25, 0.3) is 0 Å². The van der Waals surface area contributed by atoms with Gasteiger partial charge in [-0.2, -0.15) is 13.2 Å². The van der Waals surface area contributed by atoms with Crippen LogP contribution in [0.4, 0.5) is 24.9 Å². The van der Waals surface area contributed by atoms with Crippen LogP contribution in [0.1, 0.15) is 30.0 Å². The first-order valence-electron chi connectivity index (χ1n) is 6.27. The van der Waals surface area contributed by atoms with Gasteiger partial charge in [-0.1, -0.05) is 11.2 Å². The number of anilines is 2. The van der Waals surface area contributed by atoms with Gasteiger partial charge in [0.05, 0.1) is 11.6 Å². The molecular weight excluding hydrogens is 285 g/mol. The third kappa shape index (κ3) is 3.52. The van der Waals surface area contributed by atoms with Gasteiger partial charge in [-0.25, -0.2) is 0 Å². The summed E-state index contributed by atoms with van der Waals surface area (Å²) in [6, 6.07) is 3.34. The molecule has 2 aromatic rings. The van der Waals surface area contributed by atoms with E-state index in [4.69, 9.17) is 4.42 Å². The number of aryl methyl sites for hydroxylation is 1. The molecule has 2 N–H and O–H groups in total. The quantitative estimate of drug-likeness (QED) is 0.906. The van der Waals surface area contributed by atoms with Gasteiger partial charge in [0, 0.05) is 5.69 Å². The smallest absolute Gasteiger partial charge is 0.406 e. The zero-order valence-electron chi connectivity index (χ0n) is 11.7. The highest BCUT2D eigenvalue weighted by atomic mass is 19.4. The van der Waals surface area contributed by atoms with Gasteiger partial charge in [-0.15, -0.1) is 5.10 Å². The first-order valence-corrected chi connectivity index (χ1v) is 6.27. The second-order valence-corrected chi connectivity index (χ2v) is 4.61. The minimum absolute atomic E-state index is 0.0505. The van der Waals surface area contributed by atoms with E-state index in [0.29, 0.717) is 11.5 Å². The minimum Gasteiger partial charge on any atom is -0.406 e. The fraction of sp³-hybridized carbons (Fsp3) is 0.385. The first kappa shape index (κ1) is 15.3. The monoisotopic (exact) mass is 300 g/mol. The lowest BCUT2D eigenvalue weighted by atomic mass is 10.1. The fourth-order valence-electron chi connectivity index (χ4n) is 1.63. The summed E-state index contributed by atoms with van der Waals surface area (Å²) in [5.41, 5.74) is 0.181. The fourth-order valence-corrected chi connectivity index (χ4v) is 1.63. The van der Waals surface area contributed by atoms with Crippen LogP contribution in [0.2, 0.25) is 0 Å². The van der Waals surface area contributed by atoms with Gasteiger partial charge in [0.15, 0.2) is 0 Å². The molecule has 1 atom stereocenters. The van der Waals surface area contributed by atoms with Crippen molar-refractivity contribution in [3.63, 3.8) is 0 Å². The molecule has 1 unspecified atom stereocenters. The Morgan fingerprint density at radius 3 is 2.57 bits per heavy atom. The summed E-state index contributed by atoms with van der Waals surface area (Å²) < 4.78 is 43.5. The predicted molar refractivity (Wildman–Crippen MR) is 71.2 cm³/mol. The third-order valence-electron chi connectivity index (χ3n) is 3.05. The van der Waals surface area contributed by atoms with Crippen LogP contribution in [-0.2, 0) is 6.18 Å². The number of hydrogen-bond acceptors (Lipinski definition) is 5. The van der Waals surface area contributed by atoms with E-state index >= 15 is 0 Å². The minimum atomic E-state index is -4.40. The van der Waals surface area contributed by atoms with Crippen LogP contribution in [0.5, 0.6) is 0 Å². The molecule has 8 heteroatoms. The molecule has 1 heterocycles. The average Bonchev–Trinajstić information content (AvgIpc) is 2.87. The Labute approximate surface area is 119 Å². The zero-order valence-corrected chi connectivity index (χ0v) is 11.7. The lowest BCUT2D eigenvalue weighted by Gasteiger charge is -2.11. The van der Waals surface area contributed by atoms with Gasteiger partial charge in [-0.05, 0) is 38.6 Å². The van der Waals surface area contributed by atoms with E-state index in [-0.39, 0.29) is 17.7 Å². The number of benzene rings is 1. The van der Waals surface area contributed by atoms with Gasteiger partial charge in [0.1, 0.15) is 0 Å². The molecule has 0 saturated carbocycles. The van der Waals surface area contributed by atoms with Crippen LogP contribution < -0.4 is 10.6 Å². The van der Waals surface area contributed by atoms with Crippen molar-refractivity contribution in [3.8, 4) is 0 Å². The van der Waals surface area contributed by atoms with E-state index in [9.17, 15) is 13.2 Å². The summed E-state index contributed by atoms with van der Waals surface area (Å²) in [6.07, 6.45) is -4.40. The number of halogens is 3. The van der Waals surface area contributed by atoms with Gasteiger partial charge >= 0.3 is 12.2 Å². The molecule has 0 saturated heterocycles. The maximum atomic E-state index is 12.7. The Kier molecular flexibility index (Phi) is 4.17. The number of aromatic nitrogens is 2. The standard InChI is InChI=1S/C13H15F3N4O/c1-7-4-5-9(13(14,15)16)6-10(7)18-12-20-19-11(21-12)8(2)17-3/h4-6,8,17H,1-3H3,(H,18,20). The molecule has 114 valence electrons. The van der Waals surface area contributed by atoms with Crippen molar-refractivity contribution < 1.29 is 17.6 Å². The summed E-state index contributed by atoms with van der Waals surface area (Å²) in [4.78, 5) is 0. The van der Waals surface area contributed by atoms with E-state index in [1.807, 2.05) is 6.92 Å². The number of nitrogens with one attached hydrogen (secondary N) is 2. The lowest BCUT2D eigenvalue weighted by Crippen LogP contribution is -2.12. The summed E-state index contributed by atoms with van der Waals surface area (Å²) in [5.74, 6) is 0.352. The first-order chi connectivity index (χ1) is 9.81. The summed E-state index contributed by atoms with van der Waals surface area (Å²) >= 11 is 0. The van der Waals surface area contributed by atoms with Crippen molar-refractivity contribution in [3.05, 3.63) is 35.2 Å². The number of alkyl halides is 3. The zero-order chi connectivity index (χ0) is 15.6. The molecule has 21 heavy (non-hydrogen) atoms. The molecule has 0 aliphatic rings. The molecule has 0 aliphatic heterocycles. The van der Waals surface area contributed by atoms with Gasteiger partial charge in [0.2, 0.25) is 5.89 Å². The highest BCUT2D eigenvalue weighted by Crippen LogP contribution is 2.32. The predicted octanol–water partition coefficient (Wildman–Crippen LogP) is 3.42. The summed E-state index contributed by atoms with van der Waals surface area (Å²) in [5, 5.41) is 13.2. The Bertz CT molecular complexity index is 624. The Hall–Kier alpha value is -2.09. The van der Waals surface area contributed by atoms with E-state index < -0.39 is 11.7 Å². The third-order valence-corrected chi connectivity index (χ3v) is 3.05. The van der Waals surface area contributed by atoms with Crippen LogP contribution in [0.15, 0.2) is 22.6 Å². The maximum Gasteiger partial charge on any atom is 0.416 e. The molecular formula is C13H15F3N4O. The summed E-state index contributed by atoms with van der Waals surface area (Å²) in [7, 11) is 1.74. The van der Waals surface area contributed by atoms with Crippen LogP contribution in [0.3, 0.4) is 0 Å². The van der Waals surface area contributed by atoms with E-state index in [1.165, 1.54) is 6.07 Å². The molecule has 0 amide bonds. The molecule has 0 bridgehead atoms. The van der Waals surface area contributed by atoms with Crippen molar-refractivity contribution in [2.45, 2.75) is 26.1 Å². The van der Waals surface area contributed by atoms with Crippen molar-refractivity contribution in [1.29, 1.82) is 0 Å². The van der Waals surface area contributed by atoms with E-state index in [1.54, 1.807) is 14.0 Å². The molecule has 2 rings (SSSR count). The molecule has 1 aromatic carbocycles. The van der Waals surface area contributed by atoms with Gasteiger partial charge < -0.3 is 15.1 Å². The van der Waals surface area contributed by atoms with Crippen molar-refractivity contribution in [2.24, 2.45) is 0 Å². The van der Waals surface area contributed by atoms with Crippen LogP contribution >= 0.6 is 0 Å². The highest BCUT2D eigenvalue weighted by Gasteiger charge is 2.30. The van der Waals surface area contributed by atoms with Crippen LogP contribution in [-0.4, -0.2) is 17.2 Å². The Morgan fingerprint density at radius 2 is 1.95 bits per heavy atom. The largest absolute Gasteiger partial charge is 0.416 e. The van der Waals surface area contributed by atoms with E-state index in [0.717, 1.165) is 12.1 Å². The van der Waals surface area contributed by atoms with Gasteiger partial charge in [-0.3, -0.25) is 0 Å². The van der Waals surface area contributed by atoms with Crippen LogP contribution in [0, 0.1) is 6.92 Å². The Morgan fingerprint density at radius 1 is 1.24 bits per heavy atom. The average molecular weight is 300 g/mol. The molecule has 0 fully saturated rings. The molecule has 0 radical (unpaired) electrons. The van der Waals surface area contributed by atoms with Crippen molar-refractivity contribution >= 4 is 11.7 Å². The van der Waals surface area contributed by atoms with Crippen molar-refractivity contribution in [1.82, 2.24) is 15.5 Å². The maximum absolute atomic E-state index is 12.7. The number of rotatable bonds is 4. The normalized spacial score (nSPS) is 13.2. The van der Waals surface area contributed by atoms with Crippen molar-refractivity contribution in [2.75, 3.05) is 12.4 Å². The topological polar surface area (TPSA) is 63.0 Å². The second kappa shape index (κ2) is 5.72. The SMILES string of the molecule is CNC(C)c1nnc(Nc2cc(C(F)(F)F)ccc2C)o1. The number of hydrogen-bond donors (Lipinski definition) is 2. The number of nitrogens with zero attached hydrogens (tertiary/aromatic N) is 2. The molecule has 0 aliphatic carbocycles. The Balaban J connectivity index is 2.25. The molecule has 0 spiro atoms. The highest BCUT2D eigenvalue weighted by molar-refractivity contribution is 5.58.